The summed E-state index contributed by atoms with van der Waals surface area (Å²) in [6.45, 7) is 1.50. The van der Waals surface area contributed by atoms with Gasteiger partial charge in [0.2, 0.25) is 5.89 Å². The van der Waals surface area contributed by atoms with Crippen molar-refractivity contribution in [3.8, 4) is 0 Å². The number of nitrogens with zero attached hydrogens (tertiary/aromatic N) is 6. The minimum atomic E-state index is -0.377. The Morgan fingerprint density at radius 3 is 2.67 bits per heavy atom. The Hall–Kier alpha value is -2.92. The van der Waals surface area contributed by atoms with Gasteiger partial charge in [0.05, 0.1) is 6.54 Å². The van der Waals surface area contributed by atoms with Gasteiger partial charge in [0.15, 0.2) is 5.82 Å². The number of amides is 1. The molecule has 4 rings (SSSR count). The second kappa shape index (κ2) is 9.26. The Balaban J connectivity index is 1.24. The highest BCUT2D eigenvalue weighted by Gasteiger charge is 2.28. The molecule has 1 aliphatic rings. The molecule has 0 bridgehead atoms. The lowest BCUT2D eigenvalue weighted by Gasteiger charge is -2.29. The zero-order valence-electron chi connectivity index (χ0n) is 15.7. The van der Waals surface area contributed by atoms with Gasteiger partial charge in [0, 0.05) is 29.1 Å². The molecule has 11 nitrogen and oxygen atoms in total. The van der Waals surface area contributed by atoms with Crippen LogP contribution in [-0.2, 0) is 17.9 Å². The average molecular weight is 453 g/mol. The molecule has 0 saturated carbocycles. The number of anilines is 1. The van der Waals surface area contributed by atoms with Crippen LogP contribution in [0, 0.1) is 0 Å². The number of aromatic nitrogens is 6. The molecular formula is C17H18Cl2N8O3. The molecule has 0 spiro atoms. The van der Waals surface area contributed by atoms with Crippen LogP contribution in [-0.4, -0.2) is 54.9 Å². The number of halogens is 2. The molecule has 0 radical (unpaired) electrons. The van der Waals surface area contributed by atoms with Crippen molar-refractivity contribution in [3.05, 3.63) is 45.5 Å². The second-order valence-corrected chi connectivity index (χ2v) is 7.59. The van der Waals surface area contributed by atoms with Crippen LogP contribution in [0.15, 0.2) is 22.6 Å². The molecule has 13 heteroatoms. The molecule has 3 aromatic rings. The number of hydrogen-bond acceptors (Lipinski definition) is 9. The maximum absolute atomic E-state index is 12.3. The van der Waals surface area contributed by atoms with E-state index in [9.17, 15) is 4.79 Å². The molecule has 1 amide bonds. The third kappa shape index (κ3) is 5.16. The highest BCUT2D eigenvalue weighted by atomic mass is 35.5. The second-order valence-electron chi connectivity index (χ2n) is 6.72. The maximum Gasteiger partial charge on any atom is 0.410 e. The molecule has 1 aliphatic heterocycles. The molecule has 1 aromatic carbocycles. The number of likely N-dealkylation sites (tertiary alicyclic amines) is 1. The SMILES string of the molecule is O=C(OCc1cc(Cl)cc(Cl)c1)N1CCC(c2nnc(NCc3nn[nH]n3)o2)CC1. The van der Waals surface area contributed by atoms with E-state index in [0.717, 1.165) is 5.56 Å². The summed E-state index contributed by atoms with van der Waals surface area (Å²) in [6, 6.07) is 5.35. The number of nitrogens with one attached hydrogen (secondary N) is 2. The Labute approximate surface area is 181 Å². The van der Waals surface area contributed by atoms with Crippen molar-refractivity contribution >= 4 is 35.3 Å². The number of hydrogen-bond donors (Lipinski definition) is 2. The van der Waals surface area contributed by atoms with E-state index in [1.807, 2.05) is 0 Å². The summed E-state index contributed by atoms with van der Waals surface area (Å²) >= 11 is 11.9. The van der Waals surface area contributed by atoms with E-state index in [4.69, 9.17) is 32.4 Å². The van der Waals surface area contributed by atoms with E-state index in [2.05, 4.69) is 36.1 Å². The van der Waals surface area contributed by atoms with Crippen LogP contribution in [0.25, 0.3) is 0 Å². The van der Waals surface area contributed by atoms with Crippen molar-refractivity contribution in [1.29, 1.82) is 0 Å². The summed E-state index contributed by atoms with van der Waals surface area (Å²) in [4.78, 5) is 14.0. The number of aromatic amines is 1. The number of tetrazole rings is 1. The van der Waals surface area contributed by atoms with Crippen molar-refractivity contribution in [2.45, 2.75) is 31.9 Å². The Kier molecular flexibility index (Phi) is 6.29. The molecule has 1 saturated heterocycles. The zero-order chi connectivity index (χ0) is 20.9. The lowest BCUT2D eigenvalue weighted by atomic mass is 9.97. The lowest BCUT2D eigenvalue weighted by molar-refractivity contribution is 0.0856. The quantitative estimate of drug-likeness (QED) is 0.577. The van der Waals surface area contributed by atoms with Gasteiger partial charge in [-0.15, -0.1) is 15.3 Å². The Morgan fingerprint density at radius 2 is 1.97 bits per heavy atom. The summed E-state index contributed by atoms with van der Waals surface area (Å²) in [5.41, 5.74) is 0.738. The van der Waals surface area contributed by atoms with Crippen LogP contribution in [0.2, 0.25) is 10.0 Å². The van der Waals surface area contributed by atoms with Gasteiger partial charge in [0.25, 0.3) is 0 Å². The van der Waals surface area contributed by atoms with E-state index in [-0.39, 0.29) is 24.6 Å². The molecule has 3 heterocycles. The summed E-state index contributed by atoms with van der Waals surface area (Å²) < 4.78 is 11.0. The summed E-state index contributed by atoms with van der Waals surface area (Å²) in [5.74, 6) is 1.10. The van der Waals surface area contributed by atoms with Gasteiger partial charge in [-0.25, -0.2) is 4.79 Å². The van der Waals surface area contributed by atoms with Crippen molar-refractivity contribution in [2.75, 3.05) is 18.4 Å². The summed E-state index contributed by atoms with van der Waals surface area (Å²) in [6.07, 6.45) is 1.02. The number of ether oxygens (including phenoxy) is 1. The largest absolute Gasteiger partial charge is 0.445 e. The monoisotopic (exact) mass is 452 g/mol. The zero-order valence-corrected chi connectivity index (χ0v) is 17.2. The van der Waals surface area contributed by atoms with Crippen molar-refractivity contribution < 1.29 is 13.9 Å². The first-order chi connectivity index (χ1) is 14.6. The highest BCUT2D eigenvalue weighted by molar-refractivity contribution is 6.34. The third-order valence-corrected chi connectivity index (χ3v) is 5.05. The highest BCUT2D eigenvalue weighted by Crippen LogP contribution is 2.28. The van der Waals surface area contributed by atoms with Crippen molar-refractivity contribution in [3.63, 3.8) is 0 Å². The Bertz CT molecular complexity index is 969. The molecule has 2 N–H and O–H groups in total. The third-order valence-electron chi connectivity index (χ3n) is 4.61. The predicted molar refractivity (Wildman–Crippen MR) is 106 cm³/mol. The molecule has 158 valence electrons. The fourth-order valence-electron chi connectivity index (χ4n) is 3.12. The number of carbonyl (C=O) groups is 1. The summed E-state index contributed by atoms with van der Waals surface area (Å²) in [7, 11) is 0. The normalized spacial score (nSPS) is 14.7. The molecule has 0 unspecified atom stereocenters. The van der Waals surface area contributed by atoms with Gasteiger partial charge in [-0.1, -0.05) is 33.5 Å². The van der Waals surface area contributed by atoms with Crippen molar-refractivity contribution in [1.82, 2.24) is 35.7 Å². The number of rotatable bonds is 6. The fraction of sp³-hybridized carbons (Fsp3) is 0.412. The smallest absolute Gasteiger partial charge is 0.410 e. The van der Waals surface area contributed by atoms with Gasteiger partial charge in [-0.05, 0) is 36.6 Å². The van der Waals surface area contributed by atoms with E-state index in [1.165, 1.54) is 0 Å². The standard InChI is InChI=1S/C17H18Cl2N8O3/c18-12-5-10(6-13(19)7-12)9-29-17(28)27-3-1-11(2-4-27)15-23-24-16(30-15)20-8-14-21-25-26-22-14/h5-7,11H,1-4,8-9H2,(H,20,24)(H,21,22,25,26). The number of benzene rings is 1. The first-order valence-corrected chi connectivity index (χ1v) is 9.98. The fourth-order valence-corrected chi connectivity index (χ4v) is 3.69. The van der Waals surface area contributed by atoms with Gasteiger partial charge >= 0.3 is 12.1 Å². The number of piperidine rings is 1. The van der Waals surface area contributed by atoms with Gasteiger partial charge in [-0.3, -0.25) is 0 Å². The van der Waals surface area contributed by atoms with Crippen molar-refractivity contribution in [2.24, 2.45) is 0 Å². The van der Waals surface area contributed by atoms with Crippen LogP contribution in [0.5, 0.6) is 0 Å². The molecule has 0 aliphatic carbocycles. The first kappa shape index (κ1) is 20.4. The lowest BCUT2D eigenvalue weighted by Crippen LogP contribution is -2.38. The maximum atomic E-state index is 12.3. The number of H-pyrrole nitrogens is 1. The average Bonchev–Trinajstić information content (AvgIpc) is 3.42. The topological polar surface area (TPSA) is 135 Å². The minimum Gasteiger partial charge on any atom is -0.445 e. The predicted octanol–water partition coefficient (Wildman–Crippen LogP) is 3.02. The molecule has 0 atom stereocenters. The number of carbonyl (C=O) groups excluding carboxylic acids is 1. The van der Waals surface area contributed by atoms with Crippen LogP contribution >= 0.6 is 23.2 Å². The minimum absolute atomic E-state index is 0.0778. The summed E-state index contributed by atoms with van der Waals surface area (Å²) in [5, 5.41) is 25.5. The molecule has 2 aromatic heterocycles. The van der Waals surface area contributed by atoms with Crippen LogP contribution in [0.1, 0.15) is 36.0 Å². The van der Waals surface area contributed by atoms with Crippen LogP contribution in [0.3, 0.4) is 0 Å². The molecular weight excluding hydrogens is 435 g/mol. The molecule has 30 heavy (non-hydrogen) atoms. The van der Waals surface area contributed by atoms with E-state index >= 15 is 0 Å². The molecule has 1 fully saturated rings. The van der Waals surface area contributed by atoms with E-state index in [0.29, 0.717) is 54.2 Å². The van der Waals surface area contributed by atoms with Gasteiger partial charge < -0.3 is 19.4 Å². The Morgan fingerprint density at radius 1 is 1.20 bits per heavy atom. The van der Waals surface area contributed by atoms with Gasteiger partial charge in [-0.2, -0.15) is 5.21 Å². The van der Waals surface area contributed by atoms with Crippen LogP contribution < -0.4 is 5.32 Å². The van der Waals surface area contributed by atoms with Crippen LogP contribution in [0.4, 0.5) is 10.8 Å². The first-order valence-electron chi connectivity index (χ1n) is 9.23. The van der Waals surface area contributed by atoms with E-state index in [1.54, 1.807) is 23.1 Å². The van der Waals surface area contributed by atoms with E-state index < -0.39 is 0 Å². The van der Waals surface area contributed by atoms with Gasteiger partial charge in [0.1, 0.15) is 6.61 Å².